The van der Waals surface area contributed by atoms with Gasteiger partial charge in [-0.3, -0.25) is 0 Å². The molecule has 154 valence electrons. The number of aliphatic hydroxyl groups is 2. The third-order valence-electron chi connectivity index (χ3n) is 4.97. The molecule has 1 aliphatic carbocycles. The molecule has 1 aliphatic heterocycles. The number of aliphatic hydroxyl groups excluding tert-OH is 2. The van der Waals surface area contributed by atoms with Crippen LogP contribution in [0.15, 0.2) is 29.8 Å². The zero-order chi connectivity index (χ0) is 20.5. The average molecular weight is 433 g/mol. The van der Waals surface area contributed by atoms with Gasteiger partial charge in [-0.15, -0.1) is 11.8 Å². The monoisotopic (exact) mass is 432 g/mol. The number of halogens is 2. The molecule has 1 aromatic rings. The molecule has 9 heteroatoms. The van der Waals surface area contributed by atoms with Crippen LogP contribution in [0.1, 0.15) is 30.6 Å². The molecule has 2 aliphatic rings. The van der Waals surface area contributed by atoms with Crippen LogP contribution in [0.25, 0.3) is 0 Å². The number of ether oxygens (including phenoxy) is 2. The van der Waals surface area contributed by atoms with E-state index < -0.39 is 29.8 Å². The fraction of sp³-hybridized carbons (Fsp3) is 0.526. The van der Waals surface area contributed by atoms with Gasteiger partial charge in [-0.25, -0.2) is 9.18 Å². The van der Waals surface area contributed by atoms with Crippen LogP contribution in [0, 0.1) is 5.82 Å². The van der Waals surface area contributed by atoms with E-state index in [1.165, 1.54) is 30.0 Å². The van der Waals surface area contributed by atoms with Gasteiger partial charge >= 0.3 is 5.97 Å². The molecule has 0 amide bonds. The summed E-state index contributed by atoms with van der Waals surface area (Å²) in [6, 6.07) is 4.17. The van der Waals surface area contributed by atoms with Gasteiger partial charge in [0, 0.05) is 21.9 Å². The minimum Gasteiger partial charge on any atom is -0.478 e. The summed E-state index contributed by atoms with van der Waals surface area (Å²) in [6.45, 7) is 1.22. The van der Waals surface area contributed by atoms with E-state index >= 15 is 0 Å². The highest BCUT2D eigenvalue weighted by molar-refractivity contribution is 8.00. The number of aliphatic carboxylic acids is 1. The highest BCUT2D eigenvalue weighted by Gasteiger charge is 2.49. The molecular weight excluding hydrogens is 411 g/mol. The molecule has 3 rings (SSSR count). The maximum atomic E-state index is 13.3. The van der Waals surface area contributed by atoms with Gasteiger partial charge in [-0.2, -0.15) is 0 Å². The Kier molecular flexibility index (Phi) is 6.69. The van der Waals surface area contributed by atoms with Crippen molar-refractivity contribution in [3.05, 3.63) is 46.3 Å². The van der Waals surface area contributed by atoms with Crippen molar-refractivity contribution in [2.75, 3.05) is 13.2 Å². The predicted octanol–water partition coefficient (Wildman–Crippen LogP) is 2.91. The first kappa shape index (κ1) is 21.5. The molecule has 28 heavy (non-hydrogen) atoms. The molecule has 1 heterocycles. The van der Waals surface area contributed by atoms with Crippen LogP contribution in [0.4, 0.5) is 4.39 Å². The second-order valence-corrected chi connectivity index (χ2v) is 8.82. The molecular formula is C19H22ClFO6S. The summed E-state index contributed by atoms with van der Waals surface area (Å²) in [5.41, 5.74) is 0.865. The number of thioether (sulfide) groups is 1. The van der Waals surface area contributed by atoms with Crippen LogP contribution < -0.4 is 0 Å². The number of hydrogen-bond donors (Lipinski definition) is 3. The van der Waals surface area contributed by atoms with Crippen LogP contribution >= 0.6 is 23.4 Å². The van der Waals surface area contributed by atoms with E-state index in [0.29, 0.717) is 17.9 Å². The van der Waals surface area contributed by atoms with E-state index in [2.05, 4.69) is 0 Å². The maximum absolute atomic E-state index is 13.3. The van der Waals surface area contributed by atoms with E-state index in [1.807, 2.05) is 6.92 Å². The van der Waals surface area contributed by atoms with Crippen molar-refractivity contribution in [2.45, 2.75) is 48.3 Å². The first-order valence-corrected chi connectivity index (χ1v) is 10.2. The van der Waals surface area contributed by atoms with Crippen LogP contribution in [0.5, 0.6) is 0 Å². The van der Waals surface area contributed by atoms with Gasteiger partial charge in [0.15, 0.2) is 5.79 Å². The molecule has 3 N–H and O–H groups in total. The Bertz CT molecular complexity index is 761. The maximum Gasteiger partial charge on any atom is 0.332 e. The minimum absolute atomic E-state index is 0.136. The van der Waals surface area contributed by atoms with Crippen LogP contribution in [0.3, 0.4) is 0 Å². The van der Waals surface area contributed by atoms with Gasteiger partial charge in [0.2, 0.25) is 0 Å². The van der Waals surface area contributed by atoms with Gasteiger partial charge in [-0.05, 0) is 37.1 Å². The lowest BCUT2D eigenvalue weighted by molar-refractivity contribution is -0.153. The third-order valence-corrected chi connectivity index (χ3v) is 6.78. The molecule has 0 radical (unpaired) electrons. The number of benzene rings is 1. The number of rotatable bonds is 6. The molecule has 1 spiro atoms. The Morgan fingerprint density at radius 3 is 2.54 bits per heavy atom. The second kappa shape index (κ2) is 8.69. The Hall–Kier alpha value is -1.16. The molecule has 2 unspecified atom stereocenters. The molecule has 1 saturated heterocycles. The van der Waals surface area contributed by atoms with E-state index in [1.54, 1.807) is 6.07 Å². The topological polar surface area (TPSA) is 96.2 Å². The standard InChI is InChI=1S/C19H22ClFO6S/c1-10(12-3-2-11(21)6-14(12)20)28-17-4-5-19(7-13(17)18(24)25)26-15(8-22)16(9-23)27-19/h2-3,6-7,10,15-17,22-23H,4-5,8-9H2,1H3,(H,24,25)/t10?,15-,16-,17?/m1/s1. The minimum atomic E-state index is -1.26. The molecule has 0 bridgehead atoms. The summed E-state index contributed by atoms with van der Waals surface area (Å²) in [4.78, 5) is 11.9. The highest BCUT2D eigenvalue weighted by atomic mass is 35.5. The molecule has 6 nitrogen and oxygen atoms in total. The van der Waals surface area contributed by atoms with E-state index in [4.69, 9.17) is 21.1 Å². The van der Waals surface area contributed by atoms with Crippen molar-refractivity contribution in [1.82, 2.24) is 0 Å². The van der Waals surface area contributed by atoms with Gasteiger partial charge in [0.25, 0.3) is 0 Å². The highest BCUT2D eigenvalue weighted by Crippen LogP contribution is 2.46. The fourth-order valence-corrected chi connectivity index (χ4v) is 5.38. The summed E-state index contributed by atoms with van der Waals surface area (Å²) in [7, 11) is 0. The van der Waals surface area contributed by atoms with Crippen LogP contribution in [-0.2, 0) is 14.3 Å². The van der Waals surface area contributed by atoms with Crippen molar-refractivity contribution in [1.29, 1.82) is 0 Å². The lowest BCUT2D eigenvalue weighted by atomic mass is 9.94. The lowest BCUT2D eigenvalue weighted by Crippen LogP contribution is -2.37. The number of hydrogen-bond acceptors (Lipinski definition) is 6. The lowest BCUT2D eigenvalue weighted by Gasteiger charge is -2.34. The summed E-state index contributed by atoms with van der Waals surface area (Å²) in [5, 5.41) is 28.3. The number of carboxylic acids is 1. The van der Waals surface area contributed by atoms with Crippen LogP contribution in [-0.4, -0.2) is 57.7 Å². The van der Waals surface area contributed by atoms with Crippen molar-refractivity contribution in [3.8, 4) is 0 Å². The molecule has 0 saturated carbocycles. The first-order chi connectivity index (χ1) is 13.3. The van der Waals surface area contributed by atoms with Crippen LogP contribution in [0.2, 0.25) is 5.02 Å². The largest absolute Gasteiger partial charge is 0.478 e. The first-order valence-electron chi connectivity index (χ1n) is 8.92. The number of carbonyl (C=O) groups is 1. The van der Waals surface area contributed by atoms with Crippen molar-refractivity contribution < 1.29 is 34.0 Å². The van der Waals surface area contributed by atoms with Gasteiger partial charge in [-0.1, -0.05) is 17.7 Å². The fourth-order valence-electron chi connectivity index (χ4n) is 3.57. The van der Waals surface area contributed by atoms with E-state index in [-0.39, 0.29) is 29.3 Å². The summed E-state index contributed by atoms with van der Waals surface area (Å²) >= 11 is 7.55. The zero-order valence-corrected chi connectivity index (χ0v) is 16.8. The van der Waals surface area contributed by atoms with Gasteiger partial charge in [0.05, 0.1) is 18.8 Å². The Morgan fingerprint density at radius 2 is 2.00 bits per heavy atom. The Morgan fingerprint density at radius 1 is 1.36 bits per heavy atom. The predicted molar refractivity (Wildman–Crippen MR) is 103 cm³/mol. The van der Waals surface area contributed by atoms with Gasteiger partial charge in [0.1, 0.15) is 18.0 Å². The molecule has 1 aromatic carbocycles. The normalized spacial score (nSPS) is 27.6. The Balaban J connectivity index is 1.81. The third kappa shape index (κ3) is 4.37. The molecule has 4 atom stereocenters. The Labute approximate surface area is 171 Å². The van der Waals surface area contributed by atoms with E-state index in [9.17, 15) is 24.5 Å². The van der Waals surface area contributed by atoms with Crippen molar-refractivity contribution >= 4 is 29.3 Å². The smallest absolute Gasteiger partial charge is 0.332 e. The summed E-state index contributed by atoms with van der Waals surface area (Å²) in [5.74, 6) is -2.78. The SMILES string of the molecule is CC(SC1CCC2(C=C1C(=O)O)O[C@H](CO)[C@@H](CO)O2)c1ccc(F)cc1Cl. The van der Waals surface area contributed by atoms with E-state index in [0.717, 1.165) is 5.56 Å². The van der Waals surface area contributed by atoms with Gasteiger partial charge < -0.3 is 24.8 Å². The average Bonchev–Trinajstić information content (AvgIpc) is 3.00. The summed E-state index contributed by atoms with van der Waals surface area (Å²) < 4.78 is 24.8. The zero-order valence-electron chi connectivity index (χ0n) is 15.2. The summed E-state index contributed by atoms with van der Waals surface area (Å²) in [6.07, 6.45) is 0.865. The number of carboxylic acid groups (broad SMARTS) is 1. The quantitative estimate of drug-likeness (QED) is 0.636. The second-order valence-electron chi connectivity index (χ2n) is 6.87. The van der Waals surface area contributed by atoms with Crippen molar-refractivity contribution in [3.63, 3.8) is 0 Å². The molecule has 1 fully saturated rings. The molecule has 0 aromatic heterocycles. The van der Waals surface area contributed by atoms with Crippen molar-refractivity contribution in [2.24, 2.45) is 0 Å².